The molecule has 4 rings (SSSR count). The molecule has 28 heavy (non-hydrogen) atoms. The van der Waals surface area contributed by atoms with E-state index in [-0.39, 0.29) is 10.7 Å². The molecule has 7 heteroatoms. The van der Waals surface area contributed by atoms with Gasteiger partial charge < -0.3 is 0 Å². The molecule has 1 N–H and O–H groups in total. The maximum Gasteiger partial charge on any atom is 0.264 e. The van der Waals surface area contributed by atoms with Crippen LogP contribution in [-0.2, 0) is 10.0 Å². The van der Waals surface area contributed by atoms with Crippen molar-refractivity contribution >= 4 is 26.7 Å². The number of nitriles is 1. The van der Waals surface area contributed by atoms with Gasteiger partial charge in [-0.05, 0) is 42.5 Å². The van der Waals surface area contributed by atoms with Crippen LogP contribution in [0.3, 0.4) is 0 Å². The number of aromatic nitrogens is 2. The van der Waals surface area contributed by atoms with Crippen molar-refractivity contribution in [2.45, 2.75) is 4.90 Å². The van der Waals surface area contributed by atoms with Gasteiger partial charge in [0.2, 0.25) is 0 Å². The SMILES string of the molecule is N#Cc1ccc(-c2ccc(S(=O)(=O)Nc3ccc4ccccc4n3)cn2)cc1. The zero-order chi connectivity index (χ0) is 19.6. The van der Waals surface area contributed by atoms with E-state index < -0.39 is 10.0 Å². The Morgan fingerprint density at radius 3 is 2.39 bits per heavy atom. The molecule has 0 unspecified atom stereocenters. The first kappa shape index (κ1) is 17.6. The Labute approximate surface area is 162 Å². The summed E-state index contributed by atoms with van der Waals surface area (Å²) in [6.07, 6.45) is 1.30. The van der Waals surface area contributed by atoms with Crippen LogP contribution in [0.2, 0.25) is 0 Å². The predicted octanol–water partition coefficient (Wildman–Crippen LogP) is 3.97. The zero-order valence-electron chi connectivity index (χ0n) is 14.6. The van der Waals surface area contributed by atoms with Crippen LogP contribution < -0.4 is 4.72 Å². The molecule has 0 amide bonds. The Morgan fingerprint density at radius 1 is 0.893 bits per heavy atom. The van der Waals surface area contributed by atoms with Crippen LogP contribution in [0, 0.1) is 11.3 Å². The van der Waals surface area contributed by atoms with Crippen molar-refractivity contribution in [3.05, 3.63) is 84.6 Å². The van der Waals surface area contributed by atoms with Crippen LogP contribution >= 0.6 is 0 Å². The topological polar surface area (TPSA) is 95.7 Å². The van der Waals surface area contributed by atoms with E-state index in [1.165, 1.54) is 12.3 Å². The van der Waals surface area contributed by atoms with E-state index in [1.54, 1.807) is 36.4 Å². The van der Waals surface area contributed by atoms with E-state index in [4.69, 9.17) is 5.26 Å². The number of para-hydroxylation sites is 1. The van der Waals surface area contributed by atoms with Crippen LogP contribution in [0.1, 0.15) is 5.56 Å². The lowest BCUT2D eigenvalue weighted by atomic mass is 10.1. The van der Waals surface area contributed by atoms with E-state index in [0.29, 0.717) is 16.8 Å². The number of hydrogen-bond donors (Lipinski definition) is 1. The van der Waals surface area contributed by atoms with Gasteiger partial charge in [-0.1, -0.05) is 30.3 Å². The smallest absolute Gasteiger partial charge is 0.263 e. The van der Waals surface area contributed by atoms with E-state index in [0.717, 1.165) is 10.9 Å². The van der Waals surface area contributed by atoms with Gasteiger partial charge in [0, 0.05) is 17.1 Å². The fourth-order valence-corrected chi connectivity index (χ4v) is 3.69. The number of benzene rings is 2. The molecule has 0 spiro atoms. The molecule has 0 aliphatic carbocycles. The van der Waals surface area contributed by atoms with Crippen molar-refractivity contribution in [3.8, 4) is 17.3 Å². The van der Waals surface area contributed by atoms with Crippen molar-refractivity contribution in [2.24, 2.45) is 0 Å². The molecule has 0 saturated carbocycles. The summed E-state index contributed by atoms with van der Waals surface area (Å²) >= 11 is 0. The van der Waals surface area contributed by atoms with E-state index in [2.05, 4.69) is 20.8 Å². The van der Waals surface area contributed by atoms with Gasteiger partial charge in [-0.2, -0.15) is 5.26 Å². The molecule has 0 aliphatic heterocycles. The number of sulfonamides is 1. The molecule has 4 aromatic rings. The highest BCUT2D eigenvalue weighted by atomic mass is 32.2. The lowest BCUT2D eigenvalue weighted by Crippen LogP contribution is -2.14. The third kappa shape index (κ3) is 3.54. The third-order valence-corrected chi connectivity index (χ3v) is 5.53. The second-order valence-electron chi connectivity index (χ2n) is 6.06. The molecular weight excluding hydrogens is 372 g/mol. The largest absolute Gasteiger partial charge is 0.264 e. The molecule has 0 saturated heterocycles. The molecule has 2 heterocycles. The van der Waals surface area contributed by atoms with Crippen molar-refractivity contribution < 1.29 is 8.42 Å². The molecule has 0 fully saturated rings. The zero-order valence-corrected chi connectivity index (χ0v) is 15.4. The number of fused-ring (bicyclic) bond motifs is 1. The Morgan fingerprint density at radius 2 is 1.68 bits per heavy atom. The quantitative estimate of drug-likeness (QED) is 0.572. The summed E-state index contributed by atoms with van der Waals surface area (Å²) in [4.78, 5) is 8.61. The van der Waals surface area contributed by atoms with Crippen LogP contribution in [0.5, 0.6) is 0 Å². The van der Waals surface area contributed by atoms with E-state index in [9.17, 15) is 8.42 Å². The van der Waals surface area contributed by atoms with Crippen molar-refractivity contribution in [1.82, 2.24) is 9.97 Å². The number of hydrogen-bond acceptors (Lipinski definition) is 5. The Balaban J connectivity index is 1.58. The summed E-state index contributed by atoms with van der Waals surface area (Å²) in [5.74, 6) is 0.245. The van der Waals surface area contributed by atoms with Gasteiger partial charge >= 0.3 is 0 Å². The fraction of sp³-hybridized carbons (Fsp3) is 0. The molecular formula is C21H14N4O2S. The molecule has 6 nitrogen and oxygen atoms in total. The minimum absolute atomic E-state index is 0.0415. The summed E-state index contributed by atoms with van der Waals surface area (Å²) in [7, 11) is -3.81. The maximum atomic E-state index is 12.6. The van der Waals surface area contributed by atoms with Crippen LogP contribution in [-0.4, -0.2) is 18.4 Å². The lowest BCUT2D eigenvalue weighted by Gasteiger charge is -2.09. The second kappa shape index (κ2) is 7.10. The van der Waals surface area contributed by atoms with Crippen LogP contribution in [0.15, 0.2) is 83.9 Å². The van der Waals surface area contributed by atoms with Gasteiger partial charge in [-0.3, -0.25) is 9.71 Å². The standard InChI is InChI=1S/C21H14N4O2S/c22-13-15-5-7-17(8-6-15)19-11-10-18(14-23-19)28(26,27)25-21-12-9-16-3-1-2-4-20(16)24-21/h1-12,14H,(H,24,25). The summed E-state index contributed by atoms with van der Waals surface area (Å²) in [6.45, 7) is 0. The summed E-state index contributed by atoms with van der Waals surface area (Å²) in [6, 6.07) is 23.0. The van der Waals surface area contributed by atoms with Crippen LogP contribution in [0.4, 0.5) is 5.82 Å². The van der Waals surface area contributed by atoms with Gasteiger partial charge in [0.15, 0.2) is 0 Å². The molecule has 2 aromatic heterocycles. The number of anilines is 1. The van der Waals surface area contributed by atoms with Crippen LogP contribution in [0.25, 0.3) is 22.2 Å². The number of rotatable bonds is 4. The van der Waals surface area contributed by atoms with Gasteiger partial charge in [0.05, 0.1) is 22.8 Å². The Hall–Kier alpha value is -3.76. The predicted molar refractivity (Wildman–Crippen MR) is 107 cm³/mol. The number of nitrogens with one attached hydrogen (secondary N) is 1. The monoisotopic (exact) mass is 386 g/mol. The molecule has 136 valence electrons. The average Bonchev–Trinajstić information content (AvgIpc) is 2.73. The van der Waals surface area contributed by atoms with Gasteiger partial charge in [0.25, 0.3) is 10.0 Å². The first-order valence-electron chi connectivity index (χ1n) is 8.40. The summed E-state index contributed by atoms with van der Waals surface area (Å²) in [5.41, 5.74) is 2.67. The van der Waals surface area contributed by atoms with E-state index in [1.807, 2.05) is 30.3 Å². The average molecular weight is 386 g/mol. The minimum atomic E-state index is -3.81. The minimum Gasteiger partial charge on any atom is -0.263 e. The maximum absolute atomic E-state index is 12.6. The second-order valence-corrected chi connectivity index (χ2v) is 7.75. The first-order chi connectivity index (χ1) is 13.5. The molecule has 0 atom stereocenters. The molecule has 0 radical (unpaired) electrons. The molecule has 2 aromatic carbocycles. The third-order valence-electron chi connectivity index (χ3n) is 4.19. The van der Waals surface area contributed by atoms with Crippen molar-refractivity contribution in [1.29, 1.82) is 5.26 Å². The van der Waals surface area contributed by atoms with E-state index >= 15 is 0 Å². The Kier molecular flexibility index (Phi) is 4.47. The first-order valence-corrected chi connectivity index (χ1v) is 9.89. The molecule has 0 aliphatic rings. The normalized spacial score (nSPS) is 11.1. The van der Waals surface area contributed by atoms with Crippen molar-refractivity contribution in [2.75, 3.05) is 4.72 Å². The summed E-state index contributed by atoms with van der Waals surface area (Å²) < 4.78 is 27.8. The van der Waals surface area contributed by atoms with Gasteiger partial charge in [0.1, 0.15) is 10.7 Å². The highest BCUT2D eigenvalue weighted by molar-refractivity contribution is 7.92. The summed E-state index contributed by atoms with van der Waals surface area (Å²) in [5, 5.41) is 9.79. The highest BCUT2D eigenvalue weighted by Gasteiger charge is 2.16. The molecule has 0 bridgehead atoms. The van der Waals surface area contributed by atoms with Gasteiger partial charge in [-0.25, -0.2) is 13.4 Å². The Bertz CT molecular complexity index is 1290. The number of nitrogens with zero attached hydrogens (tertiary/aromatic N) is 3. The highest BCUT2D eigenvalue weighted by Crippen LogP contribution is 2.21. The number of pyridine rings is 2. The lowest BCUT2D eigenvalue weighted by molar-refractivity contribution is 0.600. The van der Waals surface area contributed by atoms with Gasteiger partial charge in [-0.15, -0.1) is 0 Å². The van der Waals surface area contributed by atoms with Crippen molar-refractivity contribution in [3.63, 3.8) is 0 Å². The fourth-order valence-electron chi connectivity index (χ4n) is 2.75.